The Bertz CT molecular complexity index is 766. The van der Waals surface area contributed by atoms with E-state index in [4.69, 9.17) is 4.74 Å². The topological polar surface area (TPSA) is 45.7 Å². The first-order valence-corrected chi connectivity index (χ1v) is 10.7. The quantitative estimate of drug-likeness (QED) is 0.653. The standard InChI is InChI=1S/C24H33N3O2/c1-3-27(24(28)17-22-10-4-5-13-25-22)19-21-9-7-14-26(18-21)15-12-20-8-6-11-23(16-20)29-2/h4-6,8,10-11,13,16,21H,3,7,9,12,14-15,17-19H2,1-2H3/t21-/m1/s1. The van der Waals surface area contributed by atoms with Crippen LogP contribution in [0.5, 0.6) is 5.75 Å². The Hall–Kier alpha value is -2.40. The zero-order valence-electron chi connectivity index (χ0n) is 17.7. The summed E-state index contributed by atoms with van der Waals surface area (Å²) >= 11 is 0. The molecule has 0 bridgehead atoms. The predicted molar refractivity (Wildman–Crippen MR) is 116 cm³/mol. The minimum Gasteiger partial charge on any atom is -0.497 e. The fourth-order valence-electron chi connectivity index (χ4n) is 4.11. The van der Waals surface area contributed by atoms with Gasteiger partial charge in [0.25, 0.3) is 0 Å². The molecular weight excluding hydrogens is 362 g/mol. The highest BCUT2D eigenvalue weighted by Gasteiger charge is 2.23. The van der Waals surface area contributed by atoms with Crippen molar-refractivity contribution in [1.29, 1.82) is 0 Å². The highest BCUT2D eigenvalue weighted by Crippen LogP contribution is 2.19. The fraction of sp³-hybridized carbons (Fsp3) is 0.500. The third kappa shape index (κ3) is 6.57. The molecule has 0 N–H and O–H groups in total. The molecule has 1 fully saturated rings. The van der Waals surface area contributed by atoms with E-state index in [1.807, 2.05) is 29.2 Å². The number of hydrogen-bond donors (Lipinski definition) is 0. The molecule has 0 aliphatic carbocycles. The SMILES string of the molecule is CCN(C[C@@H]1CCCN(CCc2cccc(OC)c2)C1)C(=O)Cc1ccccn1. The van der Waals surface area contributed by atoms with E-state index in [0.717, 1.165) is 50.6 Å². The van der Waals surface area contributed by atoms with Gasteiger partial charge in [-0.05, 0) is 68.5 Å². The van der Waals surface area contributed by atoms with E-state index in [2.05, 4.69) is 35.0 Å². The number of nitrogens with zero attached hydrogens (tertiary/aromatic N) is 3. The lowest BCUT2D eigenvalue weighted by Crippen LogP contribution is -2.43. The van der Waals surface area contributed by atoms with Gasteiger partial charge in [0, 0.05) is 38.1 Å². The Balaban J connectivity index is 1.49. The monoisotopic (exact) mass is 395 g/mol. The van der Waals surface area contributed by atoms with Gasteiger partial charge < -0.3 is 14.5 Å². The van der Waals surface area contributed by atoms with Gasteiger partial charge in [-0.1, -0.05) is 18.2 Å². The largest absolute Gasteiger partial charge is 0.497 e. The van der Waals surface area contributed by atoms with Crippen molar-refractivity contribution in [2.45, 2.75) is 32.6 Å². The van der Waals surface area contributed by atoms with E-state index in [1.54, 1.807) is 13.3 Å². The number of likely N-dealkylation sites (N-methyl/N-ethyl adjacent to an activating group) is 1. The fourth-order valence-corrected chi connectivity index (χ4v) is 4.11. The number of piperidine rings is 1. The van der Waals surface area contributed by atoms with Crippen LogP contribution >= 0.6 is 0 Å². The van der Waals surface area contributed by atoms with Gasteiger partial charge in [0.05, 0.1) is 13.5 Å². The van der Waals surface area contributed by atoms with Crippen molar-refractivity contribution in [1.82, 2.24) is 14.8 Å². The molecule has 29 heavy (non-hydrogen) atoms. The van der Waals surface area contributed by atoms with Gasteiger partial charge in [-0.15, -0.1) is 0 Å². The van der Waals surface area contributed by atoms with Crippen molar-refractivity contribution in [2.75, 3.05) is 39.8 Å². The molecule has 1 saturated heterocycles. The van der Waals surface area contributed by atoms with Gasteiger partial charge in [0.15, 0.2) is 0 Å². The number of ether oxygens (including phenoxy) is 1. The second-order valence-corrected chi connectivity index (χ2v) is 7.84. The Morgan fingerprint density at radius 2 is 2.17 bits per heavy atom. The number of pyridine rings is 1. The van der Waals surface area contributed by atoms with E-state index in [-0.39, 0.29) is 5.91 Å². The van der Waals surface area contributed by atoms with Crippen molar-refractivity contribution in [3.63, 3.8) is 0 Å². The molecule has 5 heteroatoms. The minimum atomic E-state index is 0.180. The van der Waals surface area contributed by atoms with Crippen molar-refractivity contribution in [3.8, 4) is 5.75 Å². The van der Waals surface area contributed by atoms with Crippen LogP contribution in [0.4, 0.5) is 0 Å². The summed E-state index contributed by atoms with van der Waals surface area (Å²) in [6.45, 7) is 6.94. The average Bonchev–Trinajstić information content (AvgIpc) is 2.77. The van der Waals surface area contributed by atoms with Crippen LogP contribution in [0, 0.1) is 5.92 Å². The normalized spacial score (nSPS) is 17.1. The number of rotatable bonds is 9. The maximum absolute atomic E-state index is 12.7. The lowest BCUT2D eigenvalue weighted by molar-refractivity contribution is -0.131. The van der Waals surface area contributed by atoms with Crippen LogP contribution in [-0.2, 0) is 17.6 Å². The van der Waals surface area contributed by atoms with Crippen molar-refractivity contribution >= 4 is 5.91 Å². The Labute approximate surface area is 174 Å². The Kier molecular flexibility index (Phi) is 8.05. The van der Waals surface area contributed by atoms with Crippen LogP contribution in [0.1, 0.15) is 31.0 Å². The third-order valence-corrected chi connectivity index (χ3v) is 5.73. The van der Waals surface area contributed by atoms with Gasteiger partial charge in [0.1, 0.15) is 5.75 Å². The van der Waals surface area contributed by atoms with Crippen LogP contribution in [0.25, 0.3) is 0 Å². The van der Waals surface area contributed by atoms with Crippen molar-refractivity contribution in [2.24, 2.45) is 5.92 Å². The number of benzene rings is 1. The Morgan fingerprint density at radius 1 is 1.28 bits per heavy atom. The highest BCUT2D eigenvalue weighted by atomic mass is 16.5. The zero-order valence-corrected chi connectivity index (χ0v) is 17.7. The molecule has 0 saturated carbocycles. The molecule has 0 radical (unpaired) electrons. The van der Waals surface area contributed by atoms with Crippen molar-refractivity contribution < 1.29 is 9.53 Å². The van der Waals surface area contributed by atoms with E-state index >= 15 is 0 Å². The number of carbonyl (C=O) groups excluding carboxylic acids is 1. The lowest BCUT2D eigenvalue weighted by atomic mass is 9.96. The lowest BCUT2D eigenvalue weighted by Gasteiger charge is -2.35. The number of likely N-dealkylation sites (tertiary alicyclic amines) is 1. The molecule has 2 aromatic rings. The predicted octanol–water partition coefficient (Wildman–Crippen LogP) is 3.44. The molecule has 1 amide bonds. The first-order valence-electron chi connectivity index (χ1n) is 10.7. The van der Waals surface area contributed by atoms with Crippen LogP contribution in [0.3, 0.4) is 0 Å². The Morgan fingerprint density at radius 3 is 2.93 bits per heavy atom. The summed E-state index contributed by atoms with van der Waals surface area (Å²) in [5, 5.41) is 0. The minimum absolute atomic E-state index is 0.180. The van der Waals surface area contributed by atoms with Gasteiger partial charge in [-0.2, -0.15) is 0 Å². The second kappa shape index (κ2) is 11.0. The molecule has 1 aromatic carbocycles. The first kappa shape index (κ1) is 21.3. The summed E-state index contributed by atoms with van der Waals surface area (Å²) in [6, 6.07) is 14.1. The maximum Gasteiger partial charge on any atom is 0.228 e. The maximum atomic E-state index is 12.7. The second-order valence-electron chi connectivity index (χ2n) is 7.84. The molecule has 1 aromatic heterocycles. The average molecular weight is 396 g/mol. The molecular formula is C24H33N3O2. The van der Waals surface area contributed by atoms with E-state index < -0.39 is 0 Å². The summed E-state index contributed by atoms with van der Waals surface area (Å²) in [6.07, 6.45) is 5.57. The summed E-state index contributed by atoms with van der Waals surface area (Å²) in [5.74, 6) is 1.64. The zero-order chi connectivity index (χ0) is 20.5. The van der Waals surface area contributed by atoms with E-state index in [1.165, 1.54) is 18.4 Å². The number of methoxy groups -OCH3 is 1. The molecule has 0 unspecified atom stereocenters. The molecule has 2 heterocycles. The molecule has 1 aliphatic rings. The molecule has 0 spiro atoms. The molecule has 1 aliphatic heterocycles. The summed E-state index contributed by atoms with van der Waals surface area (Å²) < 4.78 is 5.33. The summed E-state index contributed by atoms with van der Waals surface area (Å²) in [5.41, 5.74) is 2.16. The smallest absolute Gasteiger partial charge is 0.228 e. The van der Waals surface area contributed by atoms with Gasteiger partial charge >= 0.3 is 0 Å². The number of carbonyl (C=O) groups is 1. The number of amides is 1. The van der Waals surface area contributed by atoms with Crippen molar-refractivity contribution in [3.05, 3.63) is 59.9 Å². The van der Waals surface area contributed by atoms with Crippen LogP contribution in [0.2, 0.25) is 0 Å². The molecule has 1 atom stereocenters. The number of aromatic nitrogens is 1. The van der Waals surface area contributed by atoms with Gasteiger partial charge in [0.2, 0.25) is 5.91 Å². The summed E-state index contributed by atoms with van der Waals surface area (Å²) in [4.78, 5) is 21.6. The van der Waals surface area contributed by atoms with Crippen LogP contribution in [-0.4, -0.2) is 60.5 Å². The van der Waals surface area contributed by atoms with Crippen LogP contribution < -0.4 is 4.74 Å². The van der Waals surface area contributed by atoms with Gasteiger partial charge in [-0.25, -0.2) is 0 Å². The van der Waals surface area contributed by atoms with E-state index in [0.29, 0.717) is 12.3 Å². The first-order chi connectivity index (χ1) is 14.2. The molecule has 5 nitrogen and oxygen atoms in total. The number of hydrogen-bond acceptors (Lipinski definition) is 4. The molecule has 156 valence electrons. The molecule has 3 rings (SSSR count). The summed E-state index contributed by atoms with van der Waals surface area (Å²) in [7, 11) is 1.71. The van der Waals surface area contributed by atoms with Gasteiger partial charge in [-0.3, -0.25) is 9.78 Å². The third-order valence-electron chi connectivity index (χ3n) is 5.73. The van der Waals surface area contributed by atoms with Crippen LogP contribution in [0.15, 0.2) is 48.7 Å². The highest BCUT2D eigenvalue weighted by molar-refractivity contribution is 5.78. The van der Waals surface area contributed by atoms with E-state index in [9.17, 15) is 4.79 Å².